The Balaban J connectivity index is 2.45. The second-order valence-electron chi connectivity index (χ2n) is 5.62. The summed E-state index contributed by atoms with van der Waals surface area (Å²) in [5, 5.41) is 10.3. The summed E-state index contributed by atoms with van der Waals surface area (Å²) in [6.07, 6.45) is 5.93. The maximum absolute atomic E-state index is 10.3. The van der Waals surface area contributed by atoms with Crippen LogP contribution >= 0.6 is 0 Å². The lowest BCUT2D eigenvalue weighted by Crippen LogP contribution is -2.40. The smallest absolute Gasteiger partial charge is 0.0855 e. The lowest BCUT2D eigenvalue weighted by Gasteiger charge is -2.35. The van der Waals surface area contributed by atoms with E-state index < -0.39 is 0 Å². The van der Waals surface area contributed by atoms with Crippen molar-refractivity contribution in [2.24, 2.45) is 17.8 Å². The second kappa shape index (κ2) is 6.61. The van der Waals surface area contributed by atoms with Gasteiger partial charge in [0.1, 0.15) is 0 Å². The summed E-state index contributed by atoms with van der Waals surface area (Å²) in [7, 11) is 1.71. The molecular formula is C14H28O2. The Morgan fingerprint density at radius 2 is 1.75 bits per heavy atom. The normalized spacial score (nSPS) is 30.4. The number of aliphatic hydroxyl groups excluding tert-OH is 1. The second-order valence-corrected chi connectivity index (χ2v) is 5.62. The maximum atomic E-state index is 10.3. The van der Waals surface area contributed by atoms with Gasteiger partial charge >= 0.3 is 0 Å². The van der Waals surface area contributed by atoms with Gasteiger partial charge in [0.25, 0.3) is 0 Å². The molecule has 0 amide bonds. The topological polar surface area (TPSA) is 29.5 Å². The highest BCUT2D eigenvalue weighted by Gasteiger charge is 2.32. The minimum absolute atomic E-state index is 0.00294. The van der Waals surface area contributed by atoms with Crippen LogP contribution in [-0.4, -0.2) is 24.4 Å². The Bertz CT molecular complexity index is 183. The van der Waals surface area contributed by atoms with Gasteiger partial charge < -0.3 is 9.84 Å². The minimum Gasteiger partial charge on any atom is -0.390 e. The quantitative estimate of drug-likeness (QED) is 0.783. The van der Waals surface area contributed by atoms with Gasteiger partial charge in [-0.1, -0.05) is 40.0 Å². The first-order valence-corrected chi connectivity index (χ1v) is 6.81. The van der Waals surface area contributed by atoms with Crippen molar-refractivity contribution in [3.05, 3.63) is 0 Å². The first kappa shape index (κ1) is 14.0. The third-order valence-electron chi connectivity index (χ3n) is 4.22. The van der Waals surface area contributed by atoms with Crippen LogP contribution in [0.25, 0.3) is 0 Å². The van der Waals surface area contributed by atoms with E-state index in [9.17, 15) is 5.11 Å². The molecule has 2 unspecified atom stereocenters. The van der Waals surface area contributed by atoms with E-state index in [-0.39, 0.29) is 12.2 Å². The molecule has 1 aliphatic carbocycles. The van der Waals surface area contributed by atoms with Crippen LogP contribution in [-0.2, 0) is 4.74 Å². The third kappa shape index (κ3) is 3.46. The highest BCUT2D eigenvalue weighted by Crippen LogP contribution is 2.34. The molecule has 0 aromatic carbocycles. The molecule has 2 atom stereocenters. The van der Waals surface area contributed by atoms with E-state index in [0.717, 1.165) is 5.92 Å². The first-order valence-electron chi connectivity index (χ1n) is 6.81. The van der Waals surface area contributed by atoms with Gasteiger partial charge in [-0.05, 0) is 30.6 Å². The zero-order valence-electron chi connectivity index (χ0n) is 11.3. The number of hydrogen-bond donors (Lipinski definition) is 1. The molecule has 0 aromatic heterocycles. The molecule has 0 spiro atoms. The fourth-order valence-corrected chi connectivity index (χ4v) is 3.01. The van der Waals surface area contributed by atoms with Crippen molar-refractivity contribution in [1.29, 1.82) is 0 Å². The minimum atomic E-state index is -0.275. The molecule has 96 valence electrons. The molecule has 1 fully saturated rings. The van der Waals surface area contributed by atoms with Gasteiger partial charge in [-0.2, -0.15) is 0 Å². The van der Waals surface area contributed by atoms with Gasteiger partial charge in [-0.25, -0.2) is 0 Å². The number of methoxy groups -OCH3 is 1. The average molecular weight is 228 g/mol. The van der Waals surface area contributed by atoms with E-state index in [2.05, 4.69) is 20.8 Å². The molecule has 1 saturated carbocycles. The molecule has 0 saturated heterocycles. The number of ether oxygens (including phenoxy) is 1. The zero-order valence-corrected chi connectivity index (χ0v) is 11.3. The Morgan fingerprint density at radius 3 is 2.12 bits per heavy atom. The summed E-state index contributed by atoms with van der Waals surface area (Å²) in [5.74, 6) is 1.74. The van der Waals surface area contributed by atoms with E-state index >= 15 is 0 Å². The molecule has 0 radical (unpaired) electrons. The fraction of sp³-hybridized carbons (Fsp3) is 1.00. The van der Waals surface area contributed by atoms with Crippen LogP contribution in [0.4, 0.5) is 0 Å². The van der Waals surface area contributed by atoms with Crippen molar-refractivity contribution in [1.82, 2.24) is 0 Å². The molecule has 0 heterocycles. The summed E-state index contributed by atoms with van der Waals surface area (Å²) < 4.78 is 5.43. The molecule has 0 aliphatic heterocycles. The van der Waals surface area contributed by atoms with Crippen LogP contribution in [0, 0.1) is 17.8 Å². The van der Waals surface area contributed by atoms with E-state index in [1.807, 2.05) is 0 Å². The standard InChI is InChI=1S/C14H28O2/c1-5-11-6-8-12(9-7-11)13(15)14(16-4)10(2)3/h10-15H,5-9H2,1-4H3. The molecule has 2 heteroatoms. The van der Waals surface area contributed by atoms with E-state index in [1.165, 1.54) is 32.1 Å². The first-order chi connectivity index (χ1) is 7.60. The SMILES string of the molecule is CCC1CCC(C(O)C(OC)C(C)C)CC1. The van der Waals surface area contributed by atoms with Gasteiger partial charge in [-0.15, -0.1) is 0 Å². The Morgan fingerprint density at radius 1 is 1.19 bits per heavy atom. The van der Waals surface area contributed by atoms with Crippen LogP contribution in [0.1, 0.15) is 52.9 Å². The van der Waals surface area contributed by atoms with Gasteiger partial charge in [0, 0.05) is 7.11 Å². The van der Waals surface area contributed by atoms with Crippen LogP contribution < -0.4 is 0 Å². The van der Waals surface area contributed by atoms with Crippen LogP contribution in [0.3, 0.4) is 0 Å². The molecule has 2 nitrogen and oxygen atoms in total. The Kier molecular flexibility index (Phi) is 5.77. The Hall–Kier alpha value is -0.0800. The maximum Gasteiger partial charge on any atom is 0.0855 e. The summed E-state index contributed by atoms with van der Waals surface area (Å²) in [6.45, 7) is 6.51. The van der Waals surface area contributed by atoms with E-state index in [0.29, 0.717) is 11.8 Å². The van der Waals surface area contributed by atoms with E-state index in [1.54, 1.807) is 7.11 Å². The summed E-state index contributed by atoms with van der Waals surface area (Å²) in [6, 6.07) is 0. The zero-order chi connectivity index (χ0) is 12.1. The number of aliphatic hydroxyl groups is 1. The summed E-state index contributed by atoms with van der Waals surface area (Å²) in [5.41, 5.74) is 0. The molecule has 0 aromatic rings. The monoisotopic (exact) mass is 228 g/mol. The van der Waals surface area contributed by atoms with Gasteiger partial charge in [0.2, 0.25) is 0 Å². The molecule has 1 aliphatic rings. The molecule has 1 N–H and O–H groups in total. The average Bonchev–Trinajstić information content (AvgIpc) is 2.29. The lowest BCUT2D eigenvalue weighted by atomic mass is 9.76. The van der Waals surface area contributed by atoms with Crippen molar-refractivity contribution < 1.29 is 9.84 Å². The fourth-order valence-electron chi connectivity index (χ4n) is 3.01. The molecule has 0 bridgehead atoms. The highest BCUT2D eigenvalue weighted by atomic mass is 16.5. The third-order valence-corrected chi connectivity index (χ3v) is 4.22. The van der Waals surface area contributed by atoms with Crippen molar-refractivity contribution in [2.75, 3.05) is 7.11 Å². The van der Waals surface area contributed by atoms with Gasteiger partial charge in [0.05, 0.1) is 12.2 Å². The predicted molar refractivity (Wildman–Crippen MR) is 67.4 cm³/mol. The van der Waals surface area contributed by atoms with Crippen molar-refractivity contribution in [3.8, 4) is 0 Å². The highest BCUT2D eigenvalue weighted by molar-refractivity contribution is 4.83. The molecule has 1 rings (SSSR count). The summed E-state index contributed by atoms with van der Waals surface area (Å²) in [4.78, 5) is 0. The molecular weight excluding hydrogens is 200 g/mol. The van der Waals surface area contributed by atoms with Gasteiger partial charge in [-0.3, -0.25) is 0 Å². The largest absolute Gasteiger partial charge is 0.390 e. The van der Waals surface area contributed by atoms with Crippen LogP contribution in [0.2, 0.25) is 0 Å². The number of hydrogen-bond acceptors (Lipinski definition) is 2. The van der Waals surface area contributed by atoms with Crippen LogP contribution in [0.5, 0.6) is 0 Å². The van der Waals surface area contributed by atoms with Gasteiger partial charge in [0.15, 0.2) is 0 Å². The summed E-state index contributed by atoms with van der Waals surface area (Å²) >= 11 is 0. The van der Waals surface area contributed by atoms with Crippen LogP contribution in [0.15, 0.2) is 0 Å². The van der Waals surface area contributed by atoms with Crippen molar-refractivity contribution >= 4 is 0 Å². The van der Waals surface area contributed by atoms with Crippen molar-refractivity contribution in [3.63, 3.8) is 0 Å². The van der Waals surface area contributed by atoms with Crippen molar-refractivity contribution in [2.45, 2.75) is 65.1 Å². The van der Waals surface area contributed by atoms with E-state index in [4.69, 9.17) is 4.74 Å². The number of rotatable bonds is 5. The molecule has 16 heavy (non-hydrogen) atoms. The lowest BCUT2D eigenvalue weighted by molar-refractivity contribution is -0.0727. The predicted octanol–water partition coefficient (Wildman–Crippen LogP) is 3.23. The Labute approximate surface area is 100 Å².